The van der Waals surface area contributed by atoms with E-state index in [4.69, 9.17) is 0 Å². The summed E-state index contributed by atoms with van der Waals surface area (Å²) in [4.78, 5) is 17.7. The van der Waals surface area contributed by atoms with Crippen molar-refractivity contribution in [3.8, 4) is 0 Å². The first-order valence-electron chi connectivity index (χ1n) is 8.10. The van der Waals surface area contributed by atoms with Gasteiger partial charge in [0.1, 0.15) is 0 Å². The molecule has 3 nitrogen and oxygen atoms in total. The Bertz CT molecular complexity index is 826. The van der Waals surface area contributed by atoms with Gasteiger partial charge in [0.15, 0.2) is 22.6 Å². The van der Waals surface area contributed by atoms with E-state index in [1.807, 2.05) is 0 Å². The van der Waals surface area contributed by atoms with Gasteiger partial charge < -0.3 is 0 Å². The zero-order valence-corrected chi connectivity index (χ0v) is 15.1. The van der Waals surface area contributed by atoms with Crippen LogP contribution < -0.4 is 5.32 Å². The number of halogens is 3. The van der Waals surface area contributed by atoms with Crippen molar-refractivity contribution in [1.29, 1.82) is 0 Å². The Labute approximate surface area is 148 Å². The van der Waals surface area contributed by atoms with Gasteiger partial charge in [0.05, 0.1) is 11.3 Å². The van der Waals surface area contributed by atoms with Crippen LogP contribution in [0.15, 0.2) is 12.1 Å². The van der Waals surface area contributed by atoms with Crippen molar-refractivity contribution in [3.63, 3.8) is 0 Å². The number of carbonyl (C=O) groups excluding carboxylic acids is 1. The minimum Gasteiger partial charge on any atom is -0.298 e. The number of nitrogens with one attached hydrogen (secondary N) is 1. The number of benzene rings is 1. The lowest BCUT2D eigenvalue weighted by Crippen LogP contribution is -2.26. The van der Waals surface area contributed by atoms with Crippen LogP contribution in [-0.4, -0.2) is 10.9 Å². The molecule has 1 unspecified atom stereocenters. The molecule has 25 heavy (non-hydrogen) atoms. The maximum atomic E-state index is 13.7. The molecular weight excluding hydrogens is 349 g/mol. The maximum absolute atomic E-state index is 13.7. The topological polar surface area (TPSA) is 42.0 Å². The standard InChI is InChI=1S/C18H19F3N2OS/c1-18(2,3)9-4-7-12-13(8-9)25-17(22-12)23-16(24)10-5-6-11(19)15(21)14(10)20/h5-6,9H,4,7-8H2,1-3H3,(H,22,23,24). The van der Waals surface area contributed by atoms with Crippen molar-refractivity contribution >= 4 is 22.4 Å². The van der Waals surface area contributed by atoms with Crippen LogP contribution in [0.3, 0.4) is 0 Å². The molecule has 0 spiro atoms. The minimum absolute atomic E-state index is 0.194. The van der Waals surface area contributed by atoms with Gasteiger partial charge >= 0.3 is 0 Å². The molecule has 1 heterocycles. The Morgan fingerprint density at radius 3 is 2.64 bits per heavy atom. The third-order valence-corrected chi connectivity index (χ3v) is 5.70. The molecule has 1 atom stereocenters. The van der Waals surface area contributed by atoms with Crippen molar-refractivity contribution in [2.24, 2.45) is 11.3 Å². The normalized spacial score (nSPS) is 17.3. The second-order valence-electron chi connectivity index (χ2n) is 7.37. The van der Waals surface area contributed by atoms with Gasteiger partial charge in [-0.25, -0.2) is 18.2 Å². The fourth-order valence-electron chi connectivity index (χ4n) is 3.03. The van der Waals surface area contributed by atoms with Crippen LogP contribution in [0.5, 0.6) is 0 Å². The number of thiazole rings is 1. The molecule has 1 amide bonds. The molecule has 1 aliphatic carbocycles. The van der Waals surface area contributed by atoms with Crippen LogP contribution in [0.4, 0.5) is 18.3 Å². The SMILES string of the molecule is CC(C)(C)C1CCc2nc(NC(=O)c3ccc(F)c(F)c3F)sc2C1. The average molecular weight is 368 g/mol. The Hall–Kier alpha value is -1.89. The summed E-state index contributed by atoms with van der Waals surface area (Å²) in [6, 6.07) is 1.65. The second kappa shape index (κ2) is 6.44. The number of amides is 1. The molecule has 0 radical (unpaired) electrons. The monoisotopic (exact) mass is 368 g/mol. The van der Waals surface area contributed by atoms with E-state index in [0.717, 1.165) is 42.0 Å². The quantitative estimate of drug-likeness (QED) is 0.761. The largest absolute Gasteiger partial charge is 0.298 e. The number of rotatable bonds is 2. The smallest absolute Gasteiger partial charge is 0.260 e. The van der Waals surface area contributed by atoms with Gasteiger partial charge in [-0.1, -0.05) is 20.8 Å². The van der Waals surface area contributed by atoms with Gasteiger partial charge in [-0.15, -0.1) is 11.3 Å². The minimum atomic E-state index is -1.65. The van der Waals surface area contributed by atoms with Crippen molar-refractivity contribution < 1.29 is 18.0 Å². The molecule has 0 saturated carbocycles. The van der Waals surface area contributed by atoms with E-state index in [9.17, 15) is 18.0 Å². The predicted octanol–water partition coefficient (Wildman–Crippen LogP) is 4.96. The molecule has 1 aromatic heterocycles. The van der Waals surface area contributed by atoms with Crippen molar-refractivity contribution in [2.45, 2.75) is 40.0 Å². The molecule has 0 saturated heterocycles. The molecule has 134 valence electrons. The lowest BCUT2D eigenvalue weighted by Gasteiger charge is -2.33. The first-order chi connectivity index (χ1) is 11.7. The number of hydrogen-bond acceptors (Lipinski definition) is 3. The second-order valence-corrected chi connectivity index (χ2v) is 8.46. The number of nitrogens with zero attached hydrogens (tertiary/aromatic N) is 1. The van der Waals surface area contributed by atoms with Crippen LogP contribution in [0.1, 0.15) is 48.1 Å². The highest BCUT2D eigenvalue weighted by Crippen LogP contribution is 2.40. The molecule has 0 aliphatic heterocycles. The van der Waals surface area contributed by atoms with Gasteiger partial charge in [0, 0.05) is 4.88 Å². The molecule has 3 rings (SSSR count). The Morgan fingerprint density at radius 2 is 1.96 bits per heavy atom. The lowest BCUT2D eigenvalue weighted by atomic mass is 9.73. The molecule has 1 N–H and O–H groups in total. The zero-order chi connectivity index (χ0) is 18.4. The summed E-state index contributed by atoms with van der Waals surface area (Å²) in [6.07, 6.45) is 2.76. The summed E-state index contributed by atoms with van der Waals surface area (Å²) >= 11 is 1.36. The Morgan fingerprint density at radius 1 is 1.24 bits per heavy atom. The average Bonchev–Trinajstić information content (AvgIpc) is 2.93. The highest BCUT2D eigenvalue weighted by molar-refractivity contribution is 7.15. The summed E-state index contributed by atoms with van der Waals surface area (Å²) in [7, 11) is 0. The van der Waals surface area contributed by atoms with Gasteiger partial charge in [-0.3, -0.25) is 10.1 Å². The van der Waals surface area contributed by atoms with E-state index in [1.54, 1.807) is 0 Å². The van der Waals surface area contributed by atoms with Crippen molar-refractivity contribution in [3.05, 3.63) is 45.7 Å². The zero-order valence-electron chi connectivity index (χ0n) is 14.3. The van der Waals surface area contributed by atoms with Crippen LogP contribution in [0.2, 0.25) is 0 Å². The summed E-state index contributed by atoms with van der Waals surface area (Å²) in [5.74, 6) is -4.78. The van der Waals surface area contributed by atoms with Gasteiger partial charge in [-0.05, 0) is 42.7 Å². The summed E-state index contributed by atoms with van der Waals surface area (Å²) < 4.78 is 40.0. The Kier molecular flexibility index (Phi) is 4.62. The van der Waals surface area contributed by atoms with Gasteiger partial charge in [-0.2, -0.15) is 0 Å². The fourth-order valence-corrected chi connectivity index (χ4v) is 4.12. The van der Waals surface area contributed by atoms with Crippen molar-refractivity contribution in [2.75, 3.05) is 5.32 Å². The van der Waals surface area contributed by atoms with E-state index in [2.05, 4.69) is 31.1 Å². The molecule has 2 aromatic rings. The van der Waals surface area contributed by atoms with E-state index in [1.165, 1.54) is 11.3 Å². The lowest BCUT2D eigenvalue weighted by molar-refractivity contribution is 0.102. The van der Waals surface area contributed by atoms with Gasteiger partial charge in [0.25, 0.3) is 5.91 Å². The summed E-state index contributed by atoms with van der Waals surface area (Å²) in [6.45, 7) is 6.62. The highest BCUT2D eigenvalue weighted by Gasteiger charge is 2.31. The number of hydrogen-bond donors (Lipinski definition) is 1. The first-order valence-corrected chi connectivity index (χ1v) is 8.92. The Balaban J connectivity index is 1.78. The summed E-state index contributed by atoms with van der Waals surface area (Å²) in [5.41, 5.74) is 0.603. The van der Waals surface area contributed by atoms with Crippen molar-refractivity contribution in [1.82, 2.24) is 4.98 Å². The third-order valence-electron chi connectivity index (χ3n) is 4.66. The molecule has 0 fully saturated rings. The molecule has 0 bridgehead atoms. The van der Waals surface area contributed by atoms with E-state index in [0.29, 0.717) is 11.0 Å². The van der Waals surface area contributed by atoms with E-state index in [-0.39, 0.29) is 5.41 Å². The van der Waals surface area contributed by atoms with Crippen LogP contribution >= 0.6 is 11.3 Å². The number of aryl methyl sites for hydroxylation is 1. The first kappa shape index (κ1) is 17.9. The number of fused-ring (bicyclic) bond motifs is 1. The molecule has 1 aliphatic rings. The predicted molar refractivity (Wildman–Crippen MR) is 91.4 cm³/mol. The number of carbonyl (C=O) groups is 1. The molecular formula is C18H19F3N2OS. The fraction of sp³-hybridized carbons (Fsp3) is 0.444. The number of anilines is 1. The van der Waals surface area contributed by atoms with E-state index >= 15 is 0 Å². The maximum Gasteiger partial charge on any atom is 0.260 e. The van der Waals surface area contributed by atoms with Gasteiger partial charge in [0.2, 0.25) is 0 Å². The van der Waals surface area contributed by atoms with Crippen LogP contribution in [-0.2, 0) is 12.8 Å². The molecule has 1 aromatic carbocycles. The third kappa shape index (κ3) is 3.56. The molecule has 7 heteroatoms. The van der Waals surface area contributed by atoms with Crippen LogP contribution in [0.25, 0.3) is 0 Å². The number of aromatic nitrogens is 1. The summed E-state index contributed by atoms with van der Waals surface area (Å²) in [5, 5.41) is 2.85. The van der Waals surface area contributed by atoms with E-state index < -0.39 is 28.9 Å². The van der Waals surface area contributed by atoms with Crippen LogP contribution in [0, 0.1) is 28.8 Å². The highest BCUT2D eigenvalue weighted by atomic mass is 32.1.